The van der Waals surface area contributed by atoms with Crippen molar-refractivity contribution in [2.45, 2.75) is 37.1 Å². The third-order valence-corrected chi connectivity index (χ3v) is 7.19. The summed E-state index contributed by atoms with van der Waals surface area (Å²) in [6.45, 7) is 7.03. The number of piperidine rings is 1. The Kier molecular flexibility index (Phi) is 5.37. The Labute approximate surface area is 154 Å². The van der Waals surface area contributed by atoms with Crippen LogP contribution in [0.15, 0.2) is 29.2 Å². The molecule has 1 aromatic rings. The zero-order chi connectivity index (χ0) is 18.9. The third-order valence-electron chi connectivity index (χ3n) is 5.28. The van der Waals surface area contributed by atoms with Crippen LogP contribution in [0, 0.1) is 11.7 Å². The van der Waals surface area contributed by atoms with E-state index in [4.69, 9.17) is 0 Å². The highest BCUT2D eigenvalue weighted by molar-refractivity contribution is 7.89. The molecule has 6 nitrogen and oxygen atoms in total. The predicted octanol–water partition coefficient (Wildman–Crippen LogP) is 1.44. The van der Waals surface area contributed by atoms with Gasteiger partial charge in [-0.2, -0.15) is 4.31 Å². The molecule has 0 bridgehead atoms. The first-order valence-electron chi connectivity index (χ1n) is 9.05. The number of amides is 1. The average Bonchev–Trinajstić information content (AvgIpc) is 2.60. The molecule has 1 N–H and O–H groups in total. The van der Waals surface area contributed by atoms with Gasteiger partial charge in [0, 0.05) is 32.7 Å². The molecule has 0 radical (unpaired) electrons. The van der Waals surface area contributed by atoms with E-state index in [0.29, 0.717) is 25.3 Å². The molecule has 0 atom stereocenters. The van der Waals surface area contributed by atoms with E-state index >= 15 is 0 Å². The Hall–Kier alpha value is -1.51. The maximum atomic E-state index is 13.1. The van der Waals surface area contributed by atoms with Crippen LogP contribution in [0.2, 0.25) is 0 Å². The second kappa shape index (κ2) is 7.25. The highest BCUT2D eigenvalue weighted by Gasteiger charge is 2.49. The van der Waals surface area contributed by atoms with Crippen LogP contribution in [-0.4, -0.2) is 61.8 Å². The van der Waals surface area contributed by atoms with Crippen molar-refractivity contribution in [2.75, 3.05) is 32.7 Å². The Bertz CT molecular complexity index is 756. The molecule has 1 aromatic carbocycles. The zero-order valence-corrected chi connectivity index (χ0v) is 16.1. The third kappa shape index (κ3) is 3.50. The van der Waals surface area contributed by atoms with Crippen LogP contribution in [0.25, 0.3) is 0 Å². The molecule has 0 unspecified atom stereocenters. The van der Waals surface area contributed by atoms with E-state index in [1.54, 1.807) is 0 Å². The smallest absolute Gasteiger partial charge is 0.243 e. The number of hydrogen-bond acceptors (Lipinski definition) is 4. The lowest BCUT2D eigenvalue weighted by Gasteiger charge is -2.50. The quantitative estimate of drug-likeness (QED) is 0.854. The van der Waals surface area contributed by atoms with Crippen molar-refractivity contribution in [3.63, 3.8) is 0 Å². The molecular formula is C18H26FN3O3S. The second-order valence-corrected chi connectivity index (χ2v) is 9.42. The largest absolute Gasteiger partial charge is 0.353 e. The topological polar surface area (TPSA) is 69.7 Å². The van der Waals surface area contributed by atoms with Gasteiger partial charge in [-0.3, -0.25) is 9.69 Å². The van der Waals surface area contributed by atoms with Gasteiger partial charge in [0.25, 0.3) is 0 Å². The maximum absolute atomic E-state index is 13.1. The summed E-state index contributed by atoms with van der Waals surface area (Å²) in [5.41, 5.74) is -0.628. The minimum Gasteiger partial charge on any atom is -0.353 e. The van der Waals surface area contributed by atoms with Gasteiger partial charge in [0.05, 0.1) is 4.90 Å². The normalized spacial score (nSPS) is 21.9. The van der Waals surface area contributed by atoms with E-state index in [2.05, 4.69) is 24.1 Å². The molecule has 144 valence electrons. The molecule has 2 saturated heterocycles. The fraction of sp³-hybridized carbons (Fsp3) is 0.611. The van der Waals surface area contributed by atoms with Crippen molar-refractivity contribution in [3.8, 4) is 0 Å². The monoisotopic (exact) mass is 383 g/mol. The van der Waals surface area contributed by atoms with Gasteiger partial charge in [-0.1, -0.05) is 13.8 Å². The minimum absolute atomic E-state index is 0.00299. The van der Waals surface area contributed by atoms with E-state index in [-0.39, 0.29) is 23.9 Å². The number of halogens is 1. The zero-order valence-electron chi connectivity index (χ0n) is 15.2. The summed E-state index contributed by atoms with van der Waals surface area (Å²) in [7, 11) is -3.68. The second-order valence-electron chi connectivity index (χ2n) is 7.49. The van der Waals surface area contributed by atoms with Crippen molar-refractivity contribution < 1.29 is 17.6 Å². The number of carbonyl (C=O) groups is 1. The van der Waals surface area contributed by atoms with Gasteiger partial charge in [0.15, 0.2) is 0 Å². The molecule has 0 aromatic heterocycles. The molecule has 1 spiro atoms. The summed E-state index contributed by atoms with van der Waals surface area (Å²) < 4.78 is 40.1. The molecule has 2 aliphatic heterocycles. The van der Waals surface area contributed by atoms with Crippen LogP contribution in [0.5, 0.6) is 0 Å². The van der Waals surface area contributed by atoms with Gasteiger partial charge in [-0.15, -0.1) is 0 Å². The summed E-state index contributed by atoms with van der Waals surface area (Å²) in [6, 6.07) is 4.87. The van der Waals surface area contributed by atoms with Crippen LogP contribution in [-0.2, 0) is 14.8 Å². The molecular weight excluding hydrogens is 357 g/mol. The summed E-state index contributed by atoms with van der Waals surface area (Å²) in [5.74, 6) is -0.0354. The molecule has 2 fully saturated rings. The van der Waals surface area contributed by atoms with Crippen LogP contribution in [0.3, 0.4) is 0 Å². The van der Waals surface area contributed by atoms with E-state index in [1.165, 1.54) is 16.4 Å². The van der Waals surface area contributed by atoms with Crippen LogP contribution in [0.4, 0.5) is 4.39 Å². The molecule has 3 rings (SSSR count). The van der Waals surface area contributed by atoms with Gasteiger partial charge in [0.1, 0.15) is 11.4 Å². The lowest BCUT2D eigenvalue weighted by atomic mass is 9.83. The molecule has 26 heavy (non-hydrogen) atoms. The minimum atomic E-state index is -3.68. The first-order chi connectivity index (χ1) is 12.3. The molecule has 0 aliphatic carbocycles. The maximum Gasteiger partial charge on any atom is 0.243 e. The van der Waals surface area contributed by atoms with Crippen molar-refractivity contribution in [3.05, 3.63) is 30.1 Å². The first-order valence-corrected chi connectivity index (χ1v) is 10.5. The van der Waals surface area contributed by atoms with E-state index in [9.17, 15) is 17.6 Å². The standard InChI is InChI=1S/C18H26FN3O3S/c1-14(2)13-21-12-9-20-17(23)18(21)7-10-22(11-8-18)26(24,25)16-5-3-15(19)4-6-16/h3-6,14H,7-13H2,1-2H3,(H,20,23). The van der Waals surface area contributed by atoms with Crippen molar-refractivity contribution >= 4 is 15.9 Å². The Morgan fingerprint density at radius 3 is 2.35 bits per heavy atom. The number of carbonyl (C=O) groups excluding carboxylic acids is 1. The van der Waals surface area contributed by atoms with Crippen molar-refractivity contribution in [1.82, 2.24) is 14.5 Å². The first kappa shape index (κ1) is 19.3. The molecule has 2 heterocycles. The number of benzene rings is 1. The van der Waals surface area contributed by atoms with Gasteiger partial charge in [-0.05, 0) is 43.0 Å². The SMILES string of the molecule is CC(C)CN1CCNC(=O)C12CCN(S(=O)(=O)c1ccc(F)cc1)CC2. The number of nitrogens with zero attached hydrogens (tertiary/aromatic N) is 2. The summed E-state index contributed by atoms with van der Waals surface area (Å²) in [6.07, 6.45) is 0.929. The molecule has 2 aliphatic rings. The van der Waals surface area contributed by atoms with Gasteiger partial charge < -0.3 is 5.32 Å². The van der Waals surface area contributed by atoms with E-state index in [0.717, 1.165) is 25.2 Å². The van der Waals surface area contributed by atoms with Gasteiger partial charge >= 0.3 is 0 Å². The molecule has 8 heteroatoms. The van der Waals surface area contributed by atoms with Crippen molar-refractivity contribution in [1.29, 1.82) is 0 Å². The fourth-order valence-electron chi connectivity index (χ4n) is 3.93. The molecule has 1 amide bonds. The Balaban J connectivity index is 1.78. The van der Waals surface area contributed by atoms with Gasteiger partial charge in [0.2, 0.25) is 15.9 Å². The predicted molar refractivity (Wildman–Crippen MR) is 96.5 cm³/mol. The van der Waals surface area contributed by atoms with E-state index in [1.807, 2.05) is 0 Å². The molecule has 0 saturated carbocycles. The van der Waals surface area contributed by atoms with E-state index < -0.39 is 21.4 Å². The number of hydrogen-bond donors (Lipinski definition) is 1. The number of sulfonamides is 1. The Morgan fingerprint density at radius 2 is 1.77 bits per heavy atom. The van der Waals surface area contributed by atoms with Crippen LogP contribution < -0.4 is 5.32 Å². The highest BCUT2D eigenvalue weighted by atomic mass is 32.2. The van der Waals surface area contributed by atoms with Gasteiger partial charge in [-0.25, -0.2) is 12.8 Å². The van der Waals surface area contributed by atoms with Crippen molar-refractivity contribution in [2.24, 2.45) is 5.92 Å². The summed E-state index contributed by atoms with van der Waals surface area (Å²) in [5, 5.41) is 2.95. The lowest BCUT2D eigenvalue weighted by Crippen LogP contribution is -2.68. The van der Waals surface area contributed by atoms with Crippen LogP contribution >= 0.6 is 0 Å². The Morgan fingerprint density at radius 1 is 1.15 bits per heavy atom. The van der Waals surface area contributed by atoms with Crippen LogP contribution in [0.1, 0.15) is 26.7 Å². The lowest BCUT2D eigenvalue weighted by molar-refractivity contribution is -0.141. The number of rotatable bonds is 4. The number of nitrogens with one attached hydrogen (secondary N) is 1. The summed E-state index contributed by atoms with van der Waals surface area (Å²) >= 11 is 0. The number of piperazine rings is 1. The average molecular weight is 383 g/mol. The highest BCUT2D eigenvalue weighted by Crippen LogP contribution is 2.34. The fourth-order valence-corrected chi connectivity index (χ4v) is 5.37. The summed E-state index contributed by atoms with van der Waals surface area (Å²) in [4.78, 5) is 15.0.